The lowest BCUT2D eigenvalue weighted by atomic mass is 10.3. The van der Waals surface area contributed by atoms with Crippen LogP contribution in [-0.2, 0) is 11.3 Å². The Morgan fingerprint density at radius 2 is 2.27 bits per heavy atom. The van der Waals surface area contributed by atoms with E-state index in [0.717, 1.165) is 39.1 Å². The van der Waals surface area contributed by atoms with E-state index in [-0.39, 0.29) is 0 Å². The van der Waals surface area contributed by atoms with E-state index >= 15 is 0 Å². The Labute approximate surface area is 96.7 Å². The van der Waals surface area contributed by atoms with Gasteiger partial charge in [-0.15, -0.1) is 11.3 Å². The Kier molecular flexibility index (Phi) is 6.64. The topological polar surface area (TPSA) is 21.3 Å². The molecule has 0 spiro atoms. The highest BCUT2D eigenvalue weighted by Crippen LogP contribution is 2.14. The van der Waals surface area contributed by atoms with Gasteiger partial charge in [0.05, 0.1) is 0 Å². The minimum Gasteiger partial charge on any atom is -0.381 e. The van der Waals surface area contributed by atoms with Crippen LogP contribution in [0.3, 0.4) is 0 Å². The van der Waals surface area contributed by atoms with Crippen molar-refractivity contribution in [2.45, 2.75) is 33.2 Å². The molecular weight excluding hydrogens is 206 g/mol. The molecule has 0 saturated heterocycles. The van der Waals surface area contributed by atoms with Crippen molar-refractivity contribution in [2.75, 3.05) is 19.8 Å². The number of hydrogen-bond donors (Lipinski definition) is 1. The second-order valence-electron chi connectivity index (χ2n) is 3.67. The van der Waals surface area contributed by atoms with Crippen LogP contribution < -0.4 is 5.32 Å². The van der Waals surface area contributed by atoms with Crippen molar-refractivity contribution in [3.05, 3.63) is 21.9 Å². The zero-order valence-electron chi connectivity index (χ0n) is 9.71. The smallest absolute Gasteiger partial charge is 0.0478 e. The average molecular weight is 227 g/mol. The maximum Gasteiger partial charge on any atom is 0.0478 e. The molecule has 1 heterocycles. The van der Waals surface area contributed by atoms with Crippen molar-refractivity contribution >= 4 is 11.3 Å². The van der Waals surface area contributed by atoms with Crippen LogP contribution >= 0.6 is 11.3 Å². The fourth-order valence-electron chi connectivity index (χ4n) is 1.33. The summed E-state index contributed by atoms with van der Waals surface area (Å²) in [5, 5.41) is 5.59. The Morgan fingerprint density at radius 1 is 1.40 bits per heavy atom. The largest absolute Gasteiger partial charge is 0.381 e. The van der Waals surface area contributed by atoms with Crippen molar-refractivity contribution in [2.24, 2.45) is 0 Å². The van der Waals surface area contributed by atoms with Crippen molar-refractivity contribution in [3.8, 4) is 0 Å². The second-order valence-corrected chi connectivity index (χ2v) is 4.67. The normalized spacial score (nSPS) is 10.8. The molecule has 15 heavy (non-hydrogen) atoms. The molecule has 0 bridgehead atoms. The molecule has 1 aromatic heterocycles. The molecule has 0 unspecified atom stereocenters. The molecule has 0 saturated carbocycles. The summed E-state index contributed by atoms with van der Waals surface area (Å²) in [6.45, 7) is 8.11. The van der Waals surface area contributed by atoms with E-state index in [2.05, 4.69) is 30.6 Å². The van der Waals surface area contributed by atoms with Gasteiger partial charge in [-0.3, -0.25) is 0 Å². The summed E-state index contributed by atoms with van der Waals surface area (Å²) >= 11 is 1.83. The first-order valence-corrected chi connectivity index (χ1v) is 6.54. The highest BCUT2D eigenvalue weighted by Gasteiger charge is 1.97. The predicted octanol–water partition coefficient (Wildman–Crippen LogP) is 2.96. The number of nitrogens with one attached hydrogen (secondary N) is 1. The van der Waals surface area contributed by atoms with E-state index in [0.29, 0.717) is 0 Å². The van der Waals surface area contributed by atoms with Gasteiger partial charge in [-0.1, -0.05) is 6.92 Å². The molecule has 0 aliphatic heterocycles. The van der Waals surface area contributed by atoms with Gasteiger partial charge in [-0.25, -0.2) is 0 Å². The molecule has 1 N–H and O–H groups in total. The van der Waals surface area contributed by atoms with Gasteiger partial charge in [-0.05, 0) is 43.3 Å². The van der Waals surface area contributed by atoms with Gasteiger partial charge in [0, 0.05) is 24.6 Å². The van der Waals surface area contributed by atoms with E-state index in [4.69, 9.17) is 4.74 Å². The lowest BCUT2D eigenvalue weighted by Gasteiger charge is -2.04. The lowest BCUT2D eigenvalue weighted by Crippen LogP contribution is -2.16. The van der Waals surface area contributed by atoms with Crippen LogP contribution in [0.2, 0.25) is 0 Å². The average Bonchev–Trinajstić information content (AvgIpc) is 2.63. The first-order valence-electron chi connectivity index (χ1n) is 5.66. The van der Waals surface area contributed by atoms with E-state index in [1.807, 2.05) is 11.3 Å². The highest BCUT2D eigenvalue weighted by atomic mass is 32.1. The minimum absolute atomic E-state index is 0.879. The summed E-state index contributed by atoms with van der Waals surface area (Å²) in [5.74, 6) is 0. The summed E-state index contributed by atoms with van der Waals surface area (Å²) in [5.41, 5.74) is 1.40. The quantitative estimate of drug-likeness (QED) is 0.689. The van der Waals surface area contributed by atoms with Gasteiger partial charge in [0.25, 0.3) is 0 Å². The van der Waals surface area contributed by atoms with Gasteiger partial charge in [-0.2, -0.15) is 0 Å². The molecule has 0 aliphatic carbocycles. The first-order chi connectivity index (χ1) is 7.34. The van der Waals surface area contributed by atoms with Crippen molar-refractivity contribution in [1.82, 2.24) is 5.32 Å². The minimum atomic E-state index is 0.879. The van der Waals surface area contributed by atoms with Gasteiger partial charge < -0.3 is 10.1 Å². The molecule has 1 rings (SSSR count). The standard InChI is InChI=1S/C12H21NOS/c1-3-7-14-8-4-6-13-10-12-11(2)5-9-15-12/h5,9,13H,3-4,6-8,10H2,1-2H3. The van der Waals surface area contributed by atoms with Gasteiger partial charge >= 0.3 is 0 Å². The molecule has 0 atom stereocenters. The van der Waals surface area contributed by atoms with Crippen LogP contribution in [0, 0.1) is 6.92 Å². The molecule has 3 heteroatoms. The fourth-order valence-corrected chi connectivity index (χ4v) is 2.21. The van der Waals surface area contributed by atoms with E-state index in [1.54, 1.807) is 0 Å². The maximum atomic E-state index is 5.41. The van der Waals surface area contributed by atoms with E-state index in [1.165, 1.54) is 10.4 Å². The van der Waals surface area contributed by atoms with Crippen LogP contribution in [0.5, 0.6) is 0 Å². The second kappa shape index (κ2) is 7.85. The Hall–Kier alpha value is -0.380. The number of aryl methyl sites for hydroxylation is 1. The number of hydrogen-bond acceptors (Lipinski definition) is 3. The van der Waals surface area contributed by atoms with Crippen LogP contribution in [0.15, 0.2) is 11.4 Å². The van der Waals surface area contributed by atoms with Crippen LogP contribution in [0.4, 0.5) is 0 Å². The van der Waals surface area contributed by atoms with Crippen LogP contribution in [0.1, 0.15) is 30.2 Å². The highest BCUT2D eigenvalue weighted by molar-refractivity contribution is 7.10. The summed E-state index contributed by atoms with van der Waals surface area (Å²) < 4.78 is 5.41. The van der Waals surface area contributed by atoms with Crippen molar-refractivity contribution < 1.29 is 4.74 Å². The summed E-state index contributed by atoms with van der Waals surface area (Å²) in [7, 11) is 0. The summed E-state index contributed by atoms with van der Waals surface area (Å²) in [6, 6.07) is 2.17. The molecule has 0 fully saturated rings. The number of thiophene rings is 1. The Balaban J connectivity index is 1.96. The van der Waals surface area contributed by atoms with E-state index < -0.39 is 0 Å². The van der Waals surface area contributed by atoms with Gasteiger partial charge in [0.2, 0.25) is 0 Å². The van der Waals surface area contributed by atoms with Crippen molar-refractivity contribution in [1.29, 1.82) is 0 Å². The monoisotopic (exact) mass is 227 g/mol. The molecular formula is C12H21NOS. The molecule has 1 aromatic rings. The SMILES string of the molecule is CCCOCCCNCc1sccc1C. The molecule has 0 amide bonds. The zero-order valence-corrected chi connectivity index (χ0v) is 10.5. The molecule has 2 nitrogen and oxygen atoms in total. The first kappa shape index (κ1) is 12.7. The molecule has 0 aliphatic rings. The third-order valence-corrected chi connectivity index (χ3v) is 3.27. The van der Waals surface area contributed by atoms with Crippen LogP contribution in [0.25, 0.3) is 0 Å². The summed E-state index contributed by atoms with van der Waals surface area (Å²) in [6.07, 6.45) is 2.21. The number of ether oxygens (including phenoxy) is 1. The zero-order chi connectivity index (χ0) is 10.9. The van der Waals surface area contributed by atoms with Gasteiger partial charge in [0.1, 0.15) is 0 Å². The molecule has 86 valence electrons. The predicted molar refractivity (Wildman–Crippen MR) is 66.5 cm³/mol. The third kappa shape index (κ3) is 5.30. The van der Waals surface area contributed by atoms with Crippen LogP contribution in [-0.4, -0.2) is 19.8 Å². The fraction of sp³-hybridized carbons (Fsp3) is 0.667. The molecule has 0 aromatic carbocycles. The Morgan fingerprint density at radius 3 is 2.93 bits per heavy atom. The third-order valence-electron chi connectivity index (χ3n) is 2.24. The van der Waals surface area contributed by atoms with Gasteiger partial charge in [0.15, 0.2) is 0 Å². The van der Waals surface area contributed by atoms with Crippen molar-refractivity contribution in [3.63, 3.8) is 0 Å². The Bertz CT molecular complexity index is 260. The maximum absolute atomic E-state index is 5.41. The van der Waals surface area contributed by atoms with E-state index in [9.17, 15) is 0 Å². The lowest BCUT2D eigenvalue weighted by molar-refractivity contribution is 0.132. The molecule has 0 radical (unpaired) electrons. The number of rotatable bonds is 8. The summed E-state index contributed by atoms with van der Waals surface area (Å²) in [4.78, 5) is 1.45.